The highest BCUT2D eigenvalue weighted by Crippen LogP contribution is 2.39. The van der Waals surface area contributed by atoms with Crippen molar-refractivity contribution < 1.29 is 24.3 Å². The molecule has 2 N–H and O–H groups in total. The number of nitrogens with one attached hydrogen (secondary N) is 1. The number of amides is 1. The van der Waals surface area contributed by atoms with Crippen LogP contribution in [-0.4, -0.2) is 71.1 Å². The van der Waals surface area contributed by atoms with E-state index in [2.05, 4.69) is 9.97 Å². The molecule has 2 saturated heterocycles. The zero-order valence-corrected chi connectivity index (χ0v) is 16.7. The van der Waals surface area contributed by atoms with Gasteiger partial charge in [-0.3, -0.25) is 19.6 Å². The summed E-state index contributed by atoms with van der Waals surface area (Å²) in [5.74, 6) is -1.42. The quantitative estimate of drug-likeness (QED) is 0.402. The number of morpholine rings is 1. The Kier molecular flexibility index (Phi) is 6.15. The number of hydrogen-bond donors (Lipinski definition) is 2. The predicted octanol–water partition coefficient (Wildman–Crippen LogP) is 0.204. The molecule has 0 aliphatic carbocycles. The molecule has 0 aromatic carbocycles. The van der Waals surface area contributed by atoms with Crippen molar-refractivity contribution in [1.82, 2.24) is 14.9 Å². The van der Waals surface area contributed by atoms with Crippen molar-refractivity contribution in [3.05, 3.63) is 65.8 Å². The molecular weight excluding hydrogens is 384 g/mol. The first-order chi connectivity index (χ1) is 14.7. The number of ketones is 1. The minimum Gasteiger partial charge on any atom is -0.507 e. The number of pyridine rings is 2. The van der Waals surface area contributed by atoms with Crippen molar-refractivity contribution >= 4 is 17.4 Å². The molecule has 0 unspecified atom stereocenters. The van der Waals surface area contributed by atoms with Crippen molar-refractivity contribution in [2.75, 3.05) is 39.4 Å². The van der Waals surface area contributed by atoms with Gasteiger partial charge in [-0.1, -0.05) is 0 Å². The van der Waals surface area contributed by atoms with Gasteiger partial charge >= 0.3 is 0 Å². The molecule has 2 aliphatic heterocycles. The smallest absolute Gasteiger partial charge is 0.295 e. The average molecular weight is 409 g/mol. The molecule has 0 bridgehead atoms. The fraction of sp³-hybridized carbons (Fsp3) is 0.364. The first-order valence-electron chi connectivity index (χ1n) is 10.2. The number of carbonyl (C=O) groups excluding carboxylic acids is 2. The normalized spacial score (nSPS) is 21.9. The van der Waals surface area contributed by atoms with Gasteiger partial charge in [0.05, 0.1) is 31.4 Å². The second kappa shape index (κ2) is 9.15. The second-order valence-electron chi connectivity index (χ2n) is 7.47. The largest absolute Gasteiger partial charge is 0.507 e. The number of aliphatic hydroxyl groups excluding tert-OH is 1. The van der Waals surface area contributed by atoms with E-state index >= 15 is 0 Å². The molecule has 2 fully saturated rings. The van der Waals surface area contributed by atoms with E-state index in [1.54, 1.807) is 41.6 Å². The van der Waals surface area contributed by atoms with Crippen LogP contribution in [0, 0.1) is 0 Å². The maximum Gasteiger partial charge on any atom is 0.295 e. The molecule has 0 radical (unpaired) electrons. The number of rotatable bonds is 6. The van der Waals surface area contributed by atoms with Crippen molar-refractivity contribution in [2.24, 2.45) is 0 Å². The molecule has 30 heavy (non-hydrogen) atoms. The second-order valence-corrected chi connectivity index (χ2v) is 7.47. The summed E-state index contributed by atoms with van der Waals surface area (Å²) in [6.07, 6.45) is 7.09. The molecule has 2 aromatic rings. The van der Waals surface area contributed by atoms with Crippen LogP contribution < -0.4 is 4.90 Å². The van der Waals surface area contributed by atoms with E-state index in [1.165, 1.54) is 17.3 Å². The van der Waals surface area contributed by atoms with Crippen LogP contribution in [0.5, 0.6) is 0 Å². The van der Waals surface area contributed by atoms with Gasteiger partial charge in [-0.05, 0) is 29.8 Å². The zero-order chi connectivity index (χ0) is 20.9. The Balaban J connectivity index is 1.63. The lowest BCUT2D eigenvalue weighted by Gasteiger charge is -2.27. The first kappa shape index (κ1) is 20.2. The highest BCUT2D eigenvalue weighted by atomic mass is 16.5. The topological polar surface area (TPSA) is 97.1 Å². The maximum atomic E-state index is 12.9. The fourth-order valence-electron chi connectivity index (χ4n) is 4.08. The van der Waals surface area contributed by atoms with Gasteiger partial charge in [0, 0.05) is 43.3 Å². The van der Waals surface area contributed by atoms with Crippen LogP contribution in [0.2, 0.25) is 0 Å². The van der Waals surface area contributed by atoms with Gasteiger partial charge in [-0.15, -0.1) is 0 Å². The van der Waals surface area contributed by atoms with Crippen molar-refractivity contribution in [3.8, 4) is 0 Å². The zero-order valence-electron chi connectivity index (χ0n) is 16.7. The molecule has 1 atom stereocenters. The molecule has 0 saturated carbocycles. The van der Waals surface area contributed by atoms with Crippen LogP contribution in [-0.2, 0) is 14.3 Å². The molecule has 2 aliphatic rings. The Morgan fingerprint density at radius 1 is 1.07 bits per heavy atom. The molecule has 4 heterocycles. The summed E-state index contributed by atoms with van der Waals surface area (Å²) in [4.78, 5) is 36.8. The van der Waals surface area contributed by atoms with E-state index in [9.17, 15) is 14.7 Å². The number of hydrogen-bond acceptors (Lipinski definition) is 6. The molecule has 0 spiro atoms. The molecule has 2 aromatic heterocycles. The fourth-order valence-corrected chi connectivity index (χ4v) is 4.08. The maximum absolute atomic E-state index is 12.9. The average Bonchev–Trinajstić information content (AvgIpc) is 3.05. The molecule has 156 valence electrons. The number of nitrogens with zero attached hydrogens (tertiary/aromatic N) is 3. The van der Waals surface area contributed by atoms with E-state index < -0.39 is 17.7 Å². The van der Waals surface area contributed by atoms with E-state index in [-0.39, 0.29) is 11.3 Å². The summed E-state index contributed by atoms with van der Waals surface area (Å²) in [6.45, 7) is 4.75. The first-order valence-corrected chi connectivity index (χ1v) is 10.2. The lowest BCUT2D eigenvalue weighted by molar-refractivity contribution is -0.908. The summed E-state index contributed by atoms with van der Waals surface area (Å²) in [5, 5.41) is 10.9. The third-order valence-corrected chi connectivity index (χ3v) is 5.64. The van der Waals surface area contributed by atoms with Gasteiger partial charge in [0.1, 0.15) is 18.8 Å². The number of quaternary nitrogens is 1. The van der Waals surface area contributed by atoms with Crippen LogP contribution in [0.15, 0.2) is 54.6 Å². The monoisotopic (exact) mass is 409 g/mol. The van der Waals surface area contributed by atoms with Gasteiger partial charge in [0.15, 0.2) is 0 Å². The molecule has 8 heteroatoms. The summed E-state index contributed by atoms with van der Waals surface area (Å²) in [6, 6.07) is 6.15. The van der Waals surface area contributed by atoms with Crippen LogP contribution >= 0.6 is 0 Å². The predicted molar refractivity (Wildman–Crippen MR) is 108 cm³/mol. The van der Waals surface area contributed by atoms with E-state index in [4.69, 9.17) is 4.74 Å². The Morgan fingerprint density at radius 3 is 2.37 bits per heavy atom. The lowest BCUT2D eigenvalue weighted by Crippen LogP contribution is -3.14. The van der Waals surface area contributed by atoms with Crippen molar-refractivity contribution in [2.45, 2.75) is 12.5 Å². The number of aliphatic hydroxyl groups is 1. The minimum atomic E-state index is -0.662. The van der Waals surface area contributed by atoms with E-state index in [0.717, 1.165) is 44.8 Å². The van der Waals surface area contributed by atoms with Gasteiger partial charge in [-0.25, -0.2) is 0 Å². The third-order valence-electron chi connectivity index (χ3n) is 5.64. The highest BCUT2D eigenvalue weighted by Gasteiger charge is 2.45. The van der Waals surface area contributed by atoms with Gasteiger partial charge in [-0.2, -0.15) is 0 Å². The highest BCUT2D eigenvalue weighted by molar-refractivity contribution is 6.46. The number of aromatic nitrogens is 2. The number of Topliss-reactive ketones (excluding diaryl/α,β-unsaturated/α-hetero) is 1. The van der Waals surface area contributed by atoms with E-state index in [1.807, 2.05) is 0 Å². The minimum absolute atomic E-state index is 0.108. The van der Waals surface area contributed by atoms with Gasteiger partial charge in [0.2, 0.25) is 0 Å². The Bertz CT molecular complexity index is 927. The summed E-state index contributed by atoms with van der Waals surface area (Å²) < 4.78 is 5.39. The Labute approximate surface area is 174 Å². The number of ether oxygens (including phenoxy) is 1. The summed E-state index contributed by atoms with van der Waals surface area (Å²) >= 11 is 0. The summed E-state index contributed by atoms with van der Waals surface area (Å²) in [5.41, 5.74) is 1.31. The SMILES string of the molecule is O=C1C(=O)N(CCC[NH+]2CCOCC2)[C@@H](c2ccncc2)C1=C(O)c1ccncc1. The molecule has 1 amide bonds. The third kappa shape index (κ3) is 4.10. The Hall–Kier alpha value is -3.10. The van der Waals surface area contributed by atoms with Crippen LogP contribution in [0.1, 0.15) is 23.6 Å². The van der Waals surface area contributed by atoms with E-state index in [0.29, 0.717) is 12.1 Å². The Morgan fingerprint density at radius 2 is 1.70 bits per heavy atom. The van der Waals surface area contributed by atoms with Crippen molar-refractivity contribution in [3.63, 3.8) is 0 Å². The van der Waals surface area contributed by atoms with Gasteiger partial charge in [0.25, 0.3) is 11.7 Å². The number of carbonyl (C=O) groups is 2. The van der Waals surface area contributed by atoms with Crippen molar-refractivity contribution in [1.29, 1.82) is 0 Å². The number of likely N-dealkylation sites (tertiary alicyclic amines) is 1. The van der Waals surface area contributed by atoms with Crippen LogP contribution in [0.25, 0.3) is 5.76 Å². The van der Waals surface area contributed by atoms with Crippen LogP contribution in [0.4, 0.5) is 0 Å². The van der Waals surface area contributed by atoms with Gasteiger partial charge < -0.3 is 19.6 Å². The van der Waals surface area contributed by atoms with Crippen LogP contribution in [0.3, 0.4) is 0 Å². The molecular formula is C22H25N4O4+. The summed E-state index contributed by atoms with van der Waals surface area (Å²) in [7, 11) is 0. The lowest BCUT2D eigenvalue weighted by atomic mass is 9.96. The molecule has 8 nitrogen and oxygen atoms in total. The molecule has 4 rings (SSSR count). The standard InChI is InChI=1S/C22H24N4O4/c27-20(17-4-8-24-9-5-17)18-19(16-2-6-23-7-3-16)26(22(29)21(18)28)11-1-10-25-12-14-30-15-13-25/h2-9,19,27H,1,10-15H2/p+1/t19-/m0/s1.